The molecule has 0 atom stereocenters. The van der Waals surface area contributed by atoms with Crippen molar-refractivity contribution in [2.75, 3.05) is 14.1 Å². The van der Waals surface area contributed by atoms with Crippen molar-refractivity contribution < 1.29 is 4.39 Å². The Bertz CT molecular complexity index is 896. The van der Waals surface area contributed by atoms with E-state index >= 15 is 0 Å². The highest BCUT2D eigenvalue weighted by Gasteiger charge is 2.13. The third-order valence-corrected chi connectivity index (χ3v) is 3.93. The number of aromatic nitrogens is 2. The third-order valence-electron chi connectivity index (χ3n) is 3.04. The molecule has 2 heterocycles. The molecule has 0 saturated carbocycles. The SMILES string of the molecule is CN(C)C=Nn1cnc2scc(-c3ccc(F)cc3)c2c1=O. The van der Waals surface area contributed by atoms with Crippen molar-refractivity contribution in [3.8, 4) is 11.1 Å². The number of nitrogens with zero attached hydrogens (tertiary/aromatic N) is 4. The number of fused-ring (bicyclic) bond motifs is 1. The molecule has 0 amide bonds. The van der Waals surface area contributed by atoms with Gasteiger partial charge < -0.3 is 4.90 Å². The molecule has 0 spiro atoms. The van der Waals surface area contributed by atoms with Crippen molar-refractivity contribution >= 4 is 27.9 Å². The summed E-state index contributed by atoms with van der Waals surface area (Å²) in [6.45, 7) is 0. The molecule has 3 rings (SSSR count). The van der Waals surface area contributed by atoms with E-state index in [4.69, 9.17) is 0 Å². The Balaban J connectivity index is 2.19. The average Bonchev–Trinajstić information content (AvgIpc) is 2.92. The lowest BCUT2D eigenvalue weighted by Gasteiger charge is -2.04. The minimum Gasteiger partial charge on any atom is -0.367 e. The summed E-state index contributed by atoms with van der Waals surface area (Å²) in [7, 11) is 3.63. The minimum absolute atomic E-state index is 0.247. The second kappa shape index (κ2) is 5.69. The summed E-state index contributed by atoms with van der Waals surface area (Å²) >= 11 is 1.38. The lowest BCUT2D eigenvalue weighted by atomic mass is 10.1. The van der Waals surface area contributed by atoms with Gasteiger partial charge in [-0.15, -0.1) is 11.3 Å². The maximum Gasteiger partial charge on any atom is 0.283 e. The van der Waals surface area contributed by atoms with Crippen LogP contribution in [0, 0.1) is 5.82 Å². The van der Waals surface area contributed by atoms with E-state index in [1.165, 1.54) is 40.8 Å². The first kappa shape index (κ1) is 14.4. The molecule has 22 heavy (non-hydrogen) atoms. The average molecular weight is 316 g/mol. The fourth-order valence-corrected chi connectivity index (χ4v) is 2.91. The Kier molecular flexibility index (Phi) is 3.72. The molecule has 3 aromatic rings. The number of benzene rings is 1. The van der Waals surface area contributed by atoms with Gasteiger partial charge in [-0.1, -0.05) is 12.1 Å². The summed E-state index contributed by atoms with van der Waals surface area (Å²) in [5.74, 6) is -0.311. The van der Waals surface area contributed by atoms with Crippen LogP contribution < -0.4 is 5.56 Å². The second-order valence-corrected chi connectivity index (χ2v) is 5.78. The molecule has 5 nitrogen and oxygen atoms in total. The van der Waals surface area contributed by atoms with Gasteiger partial charge in [-0.05, 0) is 17.7 Å². The number of rotatable bonds is 3. The van der Waals surface area contributed by atoms with Gasteiger partial charge in [-0.3, -0.25) is 4.79 Å². The van der Waals surface area contributed by atoms with Crippen LogP contribution in [0.2, 0.25) is 0 Å². The molecular formula is C15H13FN4OS. The van der Waals surface area contributed by atoms with E-state index in [9.17, 15) is 9.18 Å². The van der Waals surface area contributed by atoms with Gasteiger partial charge in [0.1, 0.15) is 23.3 Å². The topological polar surface area (TPSA) is 50.5 Å². The maximum absolute atomic E-state index is 13.1. The molecule has 0 aliphatic rings. The Labute approximate surface area is 130 Å². The lowest BCUT2D eigenvalue weighted by molar-refractivity contribution is 0.628. The largest absolute Gasteiger partial charge is 0.367 e. The van der Waals surface area contributed by atoms with Gasteiger partial charge in [0.2, 0.25) is 0 Å². The molecule has 0 aliphatic carbocycles. The first-order chi connectivity index (χ1) is 10.6. The molecule has 0 aliphatic heterocycles. The molecule has 0 radical (unpaired) electrons. The van der Waals surface area contributed by atoms with E-state index in [-0.39, 0.29) is 11.4 Å². The van der Waals surface area contributed by atoms with Crippen LogP contribution in [0.3, 0.4) is 0 Å². The zero-order valence-corrected chi connectivity index (χ0v) is 12.8. The zero-order valence-electron chi connectivity index (χ0n) is 12.0. The van der Waals surface area contributed by atoms with Crippen molar-refractivity contribution in [3.05, 3.63) is 52.1 Å². The van der Waals surface area contributed by atoms with Crippen LogP contribution in [0.1, 0.15) is 0 Å². The van der Waals surface area contributed by atoms with Crippen molar-refractivity contribution in [1.29, 1.82) is 0 Å². The predicted octanol–water partition coefficient (Wildman–Crippen LogP) is 2.62. The van der Waals surface area contributed by atoms with Crippen molar-refractivity contribution in [2.45, 2.75) is 0 Å². The molecular weight excluding hydrogens is 303 g/mol. The lowest BCUT2D eigenvalue weighted by Crippen LogP contribution is -2.19. The molecule has 7 heteroatoms. The molecule has 0 unspecified atom stereocenters. The van der Waals surface area contributed by atoms with E-state index in [2.05, 4.69) is 10.1 Å². The molecule has 0 N–H and O–H groups in total. The standard InChI is InChI=1S/C15H13FN4OS/c1-19(2)9-18-20-8-17-14-13(15(20)21)12(7-22-14)10-3-5-11(16)6-4-10/h3-9H,1-2H3. The summed E-state index contributed by atoms with van der Waals surface area (Å²) in [6, 6.07) is 6.04. The number of halogens is 1. The molecule has 0 bridgehead atoms. The monoisotopic (exact) mass is 316 g/mol. The second-order valence-electron chi connectivity index (χ2n) is 4.93. The van der Waals surface area contributed by atoms with Gasteiger partial charge >= 0.3 is 0 Å². The van der Waals surface area contributed by atoms with Crippen LogP contribution in [-0.4, -0.2) is 35.0 Å². The first-order valence-corrected chi connectivity index (χ1v) is 7.40. The molecule has 2 aromatic heterocycles. The smallest absolute Gasteiger partial charge is 0.283 e. The quantitative estimate of drug-likeness (QED) is 0.551. The van der Waals surface area contributed by atoms with Crippen LogP contribution in [0.4, 0.5) is 4.39 Å². The summed E-state index contributed by atoms with van der Waals surface area (Å²) in [6.07, 6.45) is 2.93. The van der Waals surface area contributed by atoms with Crippen molar-refractivity contribution in [3.63, 3.8) is 0 Å². The zero-order chi connectivity index (χ0) is 15.7. The van der Waals surface area contributed by atoms with Crippen LogP contribution in [0.15, 0.2) is 45.9 Å². The minimum atomic E-state index is -0.311. The Morgan fingerprint density at radius 2 is 2.05 bits per heavy atom. The van der Waals surface area contributed by atoms with Crippen molar-refractivity contribution in [2.24, 2.45) is 5.10 Å². The maximum atomic E-state index is 13.1. The van der Waals surface area contributed by atoms with Crippen molar-refractivity contribution in [1.82, 2.24) is 14.6 Å². The molecule has 0 fully saturated rings. The fraction of sp³-hybridized carbons (Fsp3) is 0.133. The Morgan fingerprint density at radius 3 is 2.73 bits per heavy atom. The van der Waals surface area contributed by atoms with Gasteiger partial charge in [0.15, 0.2) is 0 Å². The van der Waals surface area contributed by atoms with Gasteiger partial charge in [0, 0.05) is 25.0 Å². The van der Waals surface area contributed by atoms with Gasteiger partial charge in [-0.2, -0.15) is 9.78 Å². The summed E-state index contributed by atoms with van der Waals surface area (Å²) in [5, 5.41) is 6.42. The molecule has 1 aromatic carbocycles. The predicted molar refractivity (Wildman–Crippen MR) is 86.9 cm³/mol. The fourth-order valence-electron chi connectivity index (χ4n) is 2.01. The normalized spacial score (nSPS) is 11.4. The van der Waals surface area contributed by atoms with Gasteiger partial charge in [0.05, 0.1) is 5.39 Å². The first-order valence-electron chi connectivity index (χ1n) is 6.52. The number of thiophene rings is 1. The van der Waals surface area contributed by atoms with E-state index in [1.54, 1.807) is 17.0 Å². The molecule has 0 saturated heterocycles. The van der Waals surface area contributed by atoms with E-state index in [0.29, 0.717) is 10.2 Å². The van der Waals surface area contributed by atoms with Gasteiger partial charge in [-0.25, -0.2) is 9.37 Å². The highest BCUT2D eigenvalue weighted by Crippen LogP contribution is 2.30. The van der Waals surface area contributed by atoms with E-state index in [1.807, 2.05) is 19.5 Å². The van der Waals surface area contributed by atoms with E-state index in [0.717, 1.165) is 11.1 Å². The van der Waals surface area contributed by atoms with Crippen LogP contribution in [0.25, 0.3) is 21.3 Å². The highest BCUT2D eigenvalue weighted by molar-refractivity contribution is 7.17. The summed E-state index contributed by atoms with van der Waals surface area (Å²) in [5.41, 5.74) is 1.27. The highest BCUT2D eigenvalue weighted by atomic mass is 32.1. The van der Waals surface area contributed by atoms with Crippen LogP contribution in [0.5, 0.6) is 0 Å². The number of hydrogen-bond acceptors (Lipinski definition) is 4. The molecule has 112 valence electrons. The van der Waals surface area contributed by atoms with E-state index < -0.39 is 0 Å². The van der Waals surface area contributed by atoms with Gasteiger partial charge in [0.25, 0.3) is 5.56 Å². The summed E-state index contributed by atoms with van der Waals surface area (Å²) in [4.78, 5) is 19.2. The Hall–Kier alpha value is -2.54. The third kappa shape index (κ3) is 2.62. The number of hydrogen-bond donors (Lipinski definition) is 0. The van der Waals surface area contributed by atoms with Crippen LogP contribution >= 0.6 is 11.3 Å². The van der Waals surface area contributed by atoms with Crippen LogP contribution in [-0.2, 0) is 0 Å². The Morgan fingerprint density at radius 1 is 1.32 bits per heavy atom. The summed E-state index contributed by atoms with van der Waals surface area (Å²) < 4.78 is 14.3.